The van der Waals surface area contributed by atoms with Crippen molar-refractivity contribution < 1.29 is 58.6 Å². The van der Waals surface area contributed by atoms with Crippen molar-refractivity contribution >= 4 is 17.7 Å². The van der Waals surface area contributed by atoms with Gasteiger partial charge in [-0.15, -0.1) is 0 Å². The van der Waals surface area contributed by atoms with Gasteiger partial charge in [-0.2, -0.15) is 39.5 Å². The number of hydrogen-bond acceptors (Lipinski definition) is 5. The average molecular weight is 429 g/mol. The SMILES string of the molecule is CCOC(=O)C1=C(C(F)(F)F)N=C(C(F)(F)F)C(C(=O)OCC)C1C(F)(F)F. The second-order valence-corrected chi connectivity index (χ2v) is 5.22. The maximum atomic E-state index is 13.5. The molecule has 1 aliphatic heterocycles. The number of carbonyl (C=O) groups is 2. The van der Waals surface area contributed by atoms with E-state index in [0.29, 0.717) is 0 Å². The number of rotatable bonds is 4. The topological polar surface area (TPSA) is 65.0 Å². The molecule has 0 spiro atoms. The van der Waals surface area contributed by atoms with Crippen LogP contribution in [-0.4, -0.2) is 49.4 Å². The molecule has 0 aromatic carbocycles. The number of allylic oxidation sites excluding steroid dienone is 1. The van der Waals surface area contributed by atoms with E-state index in [1.807, 2.05) is 0 Å². The van der Waals surface area contributed by atoms with Gasteiger partial charge in [-0.1, -0.05) is 0 Å². The number of esters is 2. The number of aliphatic imine (C=N–C) groups is 1. The van der Waals surface area contributed by atoms with Crippen molar-refractivity contribution in [3.8, 4) is 0 Å². The van der Waals surface area contributed by atoms with Crippen LogP contribution in [0.2, 0.25) is 0 Å². The molecule has 0 aliphatic carbocycles. The third-order valence-electron chi connectivity index (χ3n) is 3.37. The van der Waals surface area contributed by atoms with Gasteiger partial charge in [0.15, 0.2) is 5.70 Å². The van der Waals surface area contributed by atoms with Gasteiger partial charge in [0, 0.05) is 0 Å². The minimum Gasteiger partial charge on any atom is -0.465 e. The molecule has 0 fully saturated rings. The second-order valence-electron chi connectivity index (χ2n) is 5.22. The first-order valence-electron chi connectivity index (χ1n) is 7.44. The van der Waals surface area contributed by atoms with Gasteiger partial charge in [0.2, 0.25) is 0 Å². The monoisotopic (exact) mass is 429 g/mol. The van der Waals surface area contributed by atoms with Crippen molar-refractivity contribution in [3.63, 3.8) is 0 Å². The van der Waals surface area contributed by atoms with Crippen molar-refractivity contribution in [1.29, 1.82) is 0 Å². The highest BCUT2D eigenvalue weighted by atomic mass is 19.4. The van der Waals surface area contributed by atoms with Crippen LogP contribution in [0.4, 0.5) is 39.5 Å². The lowest BCUT2D eigenvalue weighted by molar-refractivity contribution is -0.191. The number of carbonyl (C=O) groups excluding carboxylic acids is 2. The van der Waals surface area contributed by atoms with E-state index < -0.39 is 72.5 Å². The summed E-state index contributed by atoms with van der Waals surface area (Å²) in [6.07, 6.45) is -17.6. The molecule has 0 radical (unpaired) electrons. The zero-order chi connectivity index (χ0) is 22.1. The Morgan fingerprint density at radius 2 is 1.39 bits per heavy atom. The van der Waals surface area contributed by atoms with Crippen molar-refractivity contribution in [3.05, 3.63) is 11.3 Å². The fourth-order valence-electron chi connectivity index (χ4n) is 2.44. The Bertz CT molecular complexity index is 688. The third kappa shape index (κ3) is 4.95. The summed E-state index contributed by atoms with van der Waals surface area (Å²) in [6.45, 7) is 0.745. The molecular weight excluding hydrogens is 417 g/mol. The molecule has 0 saturated heterocycles. The van der Waals surface area contributed by atoms with E-state index in [4.69, 9.17) is 0 Å². The molecule has 0 amide bonds. The summed E-state index contributed by atoms with van der Waals surface area (Å²) < 4.78 is 128. The highest BCUT2D eigenvalue weighted by Gasteiger charge is 2.63. The van der Waals surface area contributed by atoms with Gasteiger partial charge in [-0.3, -0.25) is 4.79 Å². The summed E-state index contributed by atoms with van der Waals surface area (Å²) in [5.41, 5.74) is -7.65. The molecule has 0 aromatic rings. The first-order chi connectivity index (χ1) is 12.6. The lowest BCUT2D eigenvalue weighted by Gasteiger charge is -2.34. The molecule has 1 heterocycles. The number of hydrogen-bond donors (Lipinski definition) is 0. The first-order valence-corrected chi connectivity index (χ1v) is 7.44. The Kier molecular flexibility index (Phi) is 6.78. The van der Waals surface area contributed by atoms with E-state index in [1.54, 1.807) is 0 Å². The maximum absolute atomic E-state index is 13.5. The van der Waals surface area contributed by atoms with Crippen LogP contribution < -0.4 is 0 Å². The van der Waals surface area contributed by atoms with Crippen LogP contribution in [0.5, 0.6) is 0 Å². The fourth-order valence-corrected chi connectivity index (χ4v) is 2.44. The zero-order valence-electron chi connectivity index (χ0n) is 14.1. The van der Waals surface area contributed by atoms with Crippen LogP contribution in [0.25, 0.3) is 0 Å². The predicted molar refractivity (Wildman–Crippen MR) is 72.9 cm³/mol. The Morgan fingerprint density at radius 3 is 1.75 bits per heavy atom. The van der Waals surface area contributed by atoms with Crippen LogP contribution in [0.15, 0.2) is 16.3 Å². The molecule has 1 rings (SSSR count). The highest BCUT2D eigenvalue weighted by Crippen LogP contribution is 2.48. The number of nitrogens with zero attached hydrogens (tertiary/aromatic N) is 1. The number of alkyl halides is 9. The van der Waals surface area contributed by atoms with Crippen LogP contribution in [0.3, 0.4) is 0 Å². The summed E-state index contributed by atoms with van der Waals surface area (Å²) in [4.78, 5) is 25.8. The van der Waals surface area contributed by atoms with E-state index in [2.05, 4.69) is 14.5 Å². The van der Waals surface area contributed by atoms with E-state index in [-0.39, 0.29) is 0 Å². The number of ether oxygens (including phenoxy) is 2. The Hall–Kier alpha value is -2.28. The van der Waals surface area contributed by atoms with Gasteiger partial charge in [0.05, 0.1) is 18.8 Å². The lowest BCUT2D eigenvalue weighted by atomic mass is 9.78. The summed E-state index contributed by atoms with van der Waals surface area (Å²) in [6, 6.07) is 0. The Labute approximate surface area is 151 Å². The predicted octanol–water partition coefficient (Wildman–Crippen LogP) is 3.74. The second kappa shape index (κ2) is 7.99. The van der Waals surface area contributed by atoms with Crippen LogP contribution >= 0.6 is 0 Å². The van der Waals surface area contributed by atoms with Gasteiger partial charge >= 0.3 is 30.5 Å². The van der Waals surface area contributed by atoms with E-state index in [0.717, 1.165) is 13.8 Å². The molecule has 2 unspecified atom stereocenters. The van der Waals surface area contributed by atoms with Crippen molar-refractivity contribution in [2.45, 2.75) is 32.4 Å². The van der Waals surface area contributed by atoms with Gasteiger partial charge in [0.25, 0.3) is 0 Å². The molecule has 14 heteroatoms. The zero-order valence-corrected chi connectivity index (χ0v) is 14.1. The molecule has 28 heavy (non-hydrogen) atoms. The standard InChI is InChI=1S/C14H12F9NO4/c1-3-27-10(25)5-7(12(15,16)17)6(11(26)28-4-2)9(14(21,22)23)24-8(5)13(18,19)20/h5,7H,3-4H2,1-2H3. The Morgan fingerprint density at radius 1 is 0.893 bits per heavy atom. The van der Waals surface area contributed by atoms with Gasteiger partial charge in [-0.05, 0) is 13.8 Å². The van der Waals surface area contributed by atoms with Crippen molar-refractivity contribution in [1.82, 2.24) is 0 Å². The molecule has 160 valence electrons. The lowest BCUT2D eigenvalue weighted by Crippen LogP contribution is -2.51. The first kappa shape index (κ1) is 23.8. The molecule has 0 N–H and O–H groups in total. The molecular formula is C14H12F9NO4. The largest absolute Gasteiger partial charge is 0.465 e. The average Bonchev–Trinajstić information content (AvgIpc) is 2.50. The van der Waals surface area contributed by atoms with E-state index in [1.165, 1.54) is 0 Å². The summed E-state index contributed by atoms with van der Waals surface area (Å²) in [5, 5.41) is 0. The third-order valence-corrected chi connectivity index (χ3v) is 3.37. The Balaban J connectivity index is 3.96. The molecule has 0 saturated carbocycles. The fraction of sp³-hybridized carbons (Fsp3) is 0.643. The molecule has 5 nitrogen and oxygen atoms in total. The number of halogens is 9. The van der Waals surface area contributed by atoms with Gasteiger partial charge < -0.3 is 9.47 Å². The molecule has 0 bridgehead atoms. The highest BCUT2D eigenvalue weighted by molar-refractivity contribution is 6.09. The normalized spacial score (nSPS) is 21.3. The summed E-state index contributed by atoms with van der Waals surface area (Å²) >= 11 is 0. The minimum absolute atomic E-state index is 0.671. The quantitative estimate of drug-likeness (QED) is 0.505. The van der Waals surface area contributed by atoms with E-state index >= 15 is 0 Å². The maximum Gasteiger partial charge on any atom is 0.433 e. The van der Waals surface area contributed by atoms with Crippen LogP contribution in [-0.2, 0) is 19.1 Å². The molecule has 1 aliphatic rings. The molecule has 2 atom stereocenters. The van der Waals surface area contributed by atoms with Crippen LogP contribution in [0.1, 0.15) is 13.8 Å². The van der Waals surface area contributed by atoms with Crippen molar-refractivity contribution in [2.75, 3.05) is 13.2 Å². The smallest absolute Gasteiger partial charge is 0.433 e. The summed E-state index contributed by atoms with van der Waals surface area (Å²) in [5.74, 6) is -11.5. The molecule has 0 aromatic heterocycles. The van der Waals surface area contributed by atoms with Crippen LogP contribution in [0, 0.1) is 11.8 Å². The van der Waals surface area contributed by atoms with Gasteiger partial charge in [-0.25, -0.2) is 9.79 Å². The minimum atomic E-state index is -5.87. The summed E-state index contributed by atoms with van der Waals surface area (Å²) in [7, 11) is 0. The van der Waals surface area contributed by atoms with Crippen molar-refractivity contribution in [2.24, 2.45) is 16.8 Å². The van der Waals surface area contributed by atoms with E-state index in [9.17, 15) is 49.1 Å². The van der Waals surface area contributed by atoms with Gasteiger partial charge in [0.1, 0.15) is 17.5 Å².